The summed E-state index contributed by atoms with van der Waals surface area (Å²) in [4.78, 5) is 18.4. The van der Waals surface area contributed by atoms with Gasteiger partial charge in [-0.15, -0.1) is 0 Å². The van der Waals surface area contributed by atoms with Crippen LogP contribution in [0.2, 0.25) is 0 Å². The number of nitrogens with zero attached hydrogens (tertiary/aromatic N) is 2. The van der Waals surface area contributed by atoms with E-state index in [1.54, 1.807) is 11.2 Å². The molecule has 2 aliphatic rings. The number of hydrogen-bond acceptors (Lipinski definition) is 4. The van der Waals surface area contributed by atoms with Gasteiger partial charge in [-0.3, -0.25) is 14.7 Å². The molecule has 3 atom stereocenters. The minimum absolute atomic E-state index is 0.0000172. The second-order valence-corrected chi connectivity index (χ2v) is 10.3. The SMILES string of the molecule is CCC[C@]1(N2C=NCC2=O)CC[C@@](CO[C@H](C)c2cc(C(F)(F)F)cc(C(F)(F)F)c2)(c2ccccc2)NC1. The average molecular weight is 556 g/mol. The van der Waals surface area contributed by atoms with Crippen molar-refractivity contribution in [1.29, 1.82) is 0 Å². The molecule has 0 spiro atoms. The van der Waals surface area contributed by atoms with E-state index in [-0.39, 0.29) is 30.7 Å². The van der Waals surface area contributed by atoms with Crippen molar-refractivity contribution in [3.05, 3.63) is 70.8 Å². The maximum absolute atomic E-state index is 13.4. The van der Waals surface area contributed by atoms with Gasteiger partial charge in [0, 0.05) is 6.54 Å². The third kappa shape index (κ3) is 6.14. The summed E-state index contributed by atoms with van der Waals surface area (Å²) in [6.45, 7) is 4.01. The third-order valence-electron chi connectivity index (χ3n) is 7.68. The number of alkyl halides is 6. The topological polar surface area (TPSA) is 53.9 Å². The highest BCUT2D eigenvalue weighted by atomic mass is 19.4. The number of benzene rings is 2. The fourth-order valence-electron chi connectivity index (χ4n) is 5.48. The predicted octanol–water partition coefficient (Wildman–Crippen LogP) is 6.49. The molecular weight excluding hydrogens is 524 g/mol. The smallest absolute Gasteiger partial charge is 0.372 e. The Labute approximate surface area is 223 Å². The molecular formula is C28H31F6N3O2. The number of halogens is 6. The molecule has 4 rings (SSSR count). The third-order valence-corrected chi connectivity index (χ3v) is 7.68. The number of rotatable bonds is 8. The molecule has 1 fully saturated rings. The molecule has 0 aromatic heterocycles. The quantitative estimate of drug-likeness (QED) is 0.379. The van der Waals surface area contributed by atoms with Gasteiger partial charge in [0.15, 0.2) is 0 Å². The fourth-order valence-corrected chi connectivity index (χ4v) is 5.48. The van der Waals surface area contributed by atoms with Crippen molar-refractivity contribution in [2.75, 3.05) is 19.7 Å². The molecule has 1 amide bonds. The van der Waals surface area contributed by atoms with E-state index >= 15 is 0 Å². The summed E-state index contributed by atoms with van der Waals surface area (Å²) >= 11 is 0. The van der Waals surface area contributed by atoms with Crippen molar-refractivity contribution >= 4 is 12.2 Å². The first-order valence-corrected chi connectivity index (χ1v) is 12.8. The van der Waals surface area contributed by atoms with E-state index in [0.29, 0.717) is 31.5 Å². The molecule has 0 saturated carbocycles. The van der Waals surface area contributed by atoms with E-state index in [1.807, 2.05) is 37.3 Å². The zero-order chi connectivity index (χ0) is 28.5. The van der Waals surface area contributed by atoms with Crippen LogP contribution in [0.4, 0.5) is 26.3 Å². The number of amides is 1. The minimum atomic E-state index is -4.94. The van der Waals surface area contributed by atoms with Crippen LogP contribution in [0.3, 0.4) is 0 Å². The zero-order valence-electron chi connectivity index (χ0n) is 21.7. The van der Waals surface area contributed by atoms with E-state index in [0.717, 1.165) is 18.4 Å². The van der Waals surface area contributed by atoms with Crippen molar-refractivity contribution in [3.8, 4) is 0 Å². The molecule has 0 aliphatic carbocycles. The molecule has 2 aliphatic heterocycles. The van der Waals surface area contributed by atoms with Crippen LogP contribution < -0.4 is 5.32 Å². The Morgan fingerprint density at radius 3 is 2.15 bits per heavy atom. The zero-order valence-corrected chi connectivity index (χ0v) is 21.7. The molecule has 212 valence electrons. The lowest BCUT2D eigenvalue weighted by atomic mass is 9.74. The van der Waals surface area contributed by atoms with Gasteiger partial charge < -0.3 is 10.1 Å². The number of piperidine rings is 1. The van der Waals surface area contributed by atoms with Crippen LogP contribution in [0.1, 0.15) is 67.9 Å². The molecule has 5 nitrogen and oxygen atoms in total. The van der Waals surface area contributed by atoms with E-state index in [1.165, 1.54) is 6.92 Å². The van der Waals surface area contributed by atoms with Crippen molar-refractivity contribution in [2.45, 2.75) is 69.1 Å². The summed E-state index contributed by atoms with van der Waals surface area (Å²) in [5.74, 6) is -0.0765. The monoisotopic (exact) mass is 555 g/mol. The summed E-state index contributed by atoms with van der Waals surface area (Å²) < 4.78 is 86.4. The van der Waals surface area contributed by atoms with Crippen molar-refractivity contribution in [3.63, 3.8) is 0 Å². The standard InChI is InChI=1S/C28H31F6N3O2/c1-3-9-25(37-18-35-15-24(37)38)10-11-26(36-16-25,21-7-5-4-6-8-21)17-39-19(2)20-12-22(27(29,30)31)14-23(13-20)28(32,33)34/h4-8,12-14,18-19,36H,3,9-11,15-17H2,1-2H3/t19-,25+,26-/m1/s1. The van der Waals surface area contributed by atoms with Crippen LogP contribution in [0.5, 0.6) is 0 Å². The van der Waals surface area contributed by atoms with E-state index in [9.17, 15) is 31.1 Å². The Balaban J connectivity index is 1.61. The average Bonchev–Trinajstić information content (AvgIpc) is 3.34. The molecule has 2 heterocycles. The van der Waals surface area contributed by atoms with Crippen molar-refractivity contribution < 1.29 is 35.9 Å². The highest BCUT2D eigenvalue weighted by Gasteiger charge is 2.48. The Morgan fingerprint density at radius 1 is 1.03 bits per heavy atom. The summed E-state index contributed by atoms with van der Waals surface area (Å²) in [6.07, 6.45) is -6.63. The minimum Gasteiger partial charge on any atom is -0.372 e. The molecule has 2 aromatic rings. The van der Waals surface area contributed by atoms with Gasteiger partial charge in [0.05, 0.1) is 41.3 Å². The summed E-state index contributed by atoms with van der Waals surface area (Å²) in [7, 11) is 0. The number of aliphatic imine (C=N–C) groups is 1. The predicted molar refractivity (Wildman–Crippen MR) is 134 cm³/mol. The molecule has 11 heteroatoms. The van der Waals surface area contributed by atoms with Crippen LogP contribution in [-0.4, -0.2) is 42.4 Å². The van der Waals surface area contributed by atoms with Gasteiger partial charge in [-0.1, -0.05) is 43.7 Å². The number of hydrogen-bond donors (Lipinski definition) is 1. The lowest BCUT2D eigenvalue weighted by Gasteiger charge is -2.50. The summed E-state index contributed by atoms with van der Waals surface area (Å²) in [5.41, 5.74) is -3.34. The Morgan fingerprint density at radius 2 is 1.67 bits per heavy atom. The molecule has 0 bridgehead atoms. The van der Waals surface area contributed by atoms with Gasteiger partial charge in [-0.25, -0.2) is 0 Å². The molecule has 0 radical (unpaired) electrons. The molecule has 1 saturated heterocycles. The molecule has 0 unspecified atom stereocenters. The Kier molecular flexibility index (Phi) is 8.14. The van der Waals surface area contributed by atoms with E-state index < -0.39 is 40.7 Å². The van der Waals surface area contributed by atoms with Crippen LogP contribution in [0.15, 0.2) is 53.5 Å². The molecule has 2 aromatic carbocycles. The lowest BCUT2D eigenvalue weighted by Crippen LogP contribution is -2.64. The number of carbonyl (C=O) groups is 1. The first kappa shape index (κ1) is 29.1. The first-order chi connectivity index (χ1) is 18.3. The van der Waals surface area contributed by atoms with Crippen LogP contribution in [0.25, 0.3) is 0 Å². The van der Waals surface area contributed by atoms with Gasteiger partial charge in [0.25, 0.3) is 0 Å². The van der Waals surface area contributed by atoms with Crippen LogP contribution >= 0.6 is 0 Å². The van der Waals surface area contributed by atoms with Gasteiger partial charge in [-0.05, 0) is 55.5 Å². The maximum atomic E-state index is 13.4. The largest absolute Gasteiger partial charge is 0.416 e. The van der Waals surface area contributed by atoms with Crippen molar-refractivity contribution in [1.82, 2.24) is 10.2 Å². The van der Waals surface area contributed by atoms with Crippen LogP contribution in [-0.2, 0) is 27.4 Å². The van der Waals surface area contributed by atoms with Crippen LogP contribution in [0, 0.1) is 0 Å². The van der Waals surface area contributed by atoms with E-state index in [2.05, 4.69) is 10.3 Å². The van der Waals surface area contributed by atoms with Gasteiger partial charge >= 0.3 is 12.4 Å². The van der Waals surface area contributed by atoms with Crippen molar-refractivity contribution in [2.24, 2.45) is 4.99 Å². The number of nitrogens with one attached hydrogen (secondary N) is 1. The number of carbonyl (C=O) groups excluding carboxylic acids is 1. The highest BCUT2D eigenvalue weighted by molar-refractivity contribution is 5.95. The highest BCUT2D eigenvalue weighted by Crippen LogP contribution is 2.41. The number of ether oxygens (including phenoxy) is 1. The lowest BCUT2D eigenvalue weighted by molar-refractivity contribution is -0.143. The second-order valence-electron chi connectivity index (χ2n) is 10.3. The van der Waals surface area contributed by atoms with Gasteiger partial charge in [0.1, 0.15) is 6.54 Å². The summed E-state index contributed by atoms with van der Waals surface area (Å²) in [6, 6.07) is 10.9. The normalized spacial score (nSPS) is 24.8. The van der Waals surface area contributed by atoms with Gasteiger partial charge in [0.2, 0.25) is 5.91 Å². The maximum Gasteiger partial charge on any atom is 0.416 e. The molecule has 1 N–H and O–H groups in total. The van der Waals surface area contributed by atoms with E-state index in [4.69, 9.17) is 4.74 Å². The fraction of sp³-hybridized carbons (Fsp3) is 0.500. The van der Waals surface area contributed by atoms with Gasteiger partial charge in [-0.2, -0.15) is 26.3 Å². The molecule has 39 heavy (non-hydrogen) atoms. The summed E-state index contributed by atoms with van der Waals surface area (Å²) in [5, 5.41) is 3.56. The first-order valence-electron chi connectivity index (χ1n) is 12.8. The second kappa shape index (κ2) is 10.9. The Bertz CT molecular complexity index is 1160. The Hall–Kier alpha value is -2.92.